The summed E-state index contributed by atoms with van der Waals surface area (Å²) in [4.78, 5) is 0. The van der Waals surface area contributed by atoms with Crippen molar-refractivity contribution in [2.24, 2.45) is 0 Å². The van der Waals surface area contributed by atoms with E-state index in [9.17, 15) is 0 Å². The molecule has 0 N–H and O–H groups in total. The number of fused-ring (bicyclic) bond motifs is 7. The molecule has 0 aliphatic rings. The van der Waals surface area contributed by atoms with Crippen LogP contribution in [0.2, 0.25) is 13.1 Å². The molecule has 0 saturated carbocycles. The molecule has 0 atom stereocenters. The summed E-state index contributed by atoms with van der Waals surface area (Å²) in [6, 6.07) is 75.1. The largest absolute Gasteiger partial charge is 0.291 e. The molecule has 0 aliphatic carbocycles. The zero-order chi connectivity index (χ0) is 38.0. The third-order valence-electron chi connectivity index (χ3n) is 12.0. The van der Waals surface area contributed by atoms with Crippen molar-refractivity contribution in [2.45, 2.75) is 13.1 Å². The van der Waals surface area contributed by atoms with Crippen LogP contribution in [0.5, 0.6) is 0 Å². The van der Waals surface area contributed by atoms with Crippen molar-refractivity contribution in [1.29, 1.82) is 0 Å². The van der Waals surface area contributed by atoms with Crippen molar-refractivity contribution in [2.75, 3.05) is 0 Å². The van der Waals surface area contributed by atoms with E-state index in [1.807, 2.05) is 0 Å². The second-order valence-corrected chi connectivity index (χ2v) is 18.2. The van der Waals surface area contributed by atoms with Crippen molar-refractivity contribution in [3.63, 3.8) is 0 Å². The third kappa shape index (κ3) is 5.58. The van der Waals surface area contributed by atoms with E-state index in [-0.39, 0.29) is 0 Å². The van der Waals surface area contributed by atoms with E-state index in [1.165, 1.54) is 114 Å². The first-order valence-electron chi connectivity index (χ1n) is 19.9. The predicted molar refractivity (Wildman–Crippen MR) is 250 cm³/mol. The van der Waals surface area contributed by atoms with Gasteiger partial charge in [-0.05, 0) is 139 Å². The molecule has 0 heterocycles. The Balaban J connectivity index is 1.29. The topological polar surface area (TPSA) is 0 Å². The maximum Gasteiger partial charge on any atom is -0.00259 e. The highest BCUT2D eigenvalue weighted by Crippen LogP contribution is 2.47. The molecule has 0 bridgehead atoms. The van der Waals surface area contributed by atoms with Gasteiger partial charge in [-0.15, -0.1) is 0 Å². The molecule has 1 heteroatoms. The SMILES string of the molecule is C[Si-](C)c1ccccc1-c1ccc2c(-c3ccc4ccccc4c3)c3cc(-c4cc5ccccc5c5ccccc45)ccc3c(-c3ccc4ccccc4c3)c2c1. The van der Waals surface area contributed by atoms with Crippen molar-refractivity contribution in [3.05, 3.63) is 200 Å². The van der Waals surface area contributed by atoms with E-state index in [1.54, 1.807) is 0 Å². The first-order chi connectivity index (χ1) is 28.1. The summed E-state index contributed by atoms with van der Waals surface area (Å²) >= 11 is 0. The lowest BCUT2D eigenvalue weighted by Gasteiger charge is -2.25. The summed E-state index contributed by atoms with van der Waals surface area (Å²) < 4.78 is 0. The van der Waals surface area contributed by atoms with Crippen LogP contribution in [0.3, 0.4) is 0 Å². The Morgan fingerprint density at radius 2 is 0.719 bits per heavy atom. The Morgan fingerprint density at radius 3 is 1.32 bits per heavy atom. The van der Waals surface area contributed by atoms with Crippen LogP contribution in [0.25, 0.3) is 109 Å². The normalized spacial score (nSPS) is 11.7. The molecule has 0 fully saturated rings. The third-order valence-corrected chi connectivity index (χ3v) is 13.6. The highest BCUT2D eigenvalue weighted by Gasteiger charge is 2.20. The van der Waals surface area contributed by atoms with Crippen LogP contribution in [0.15, 0.2) is 200 Å². The highest BCUT2D eigenvalue weighted by atomic mass is 28.3. The molecule has 11 aromatic rings. The van der Waals surface area contributed by atoms with Crippen LogP contribution in [0.1, 0.15) is 0 Å². The zero-order valence-electron chi connectivity index (χ0n) is 32.1. The fourth-order valence-electron chi connectivity index (χ4n) is 9.34. The van der Waals surface area contributed by atoms with E-state index in [0.29, 0.717) is 0 Å². The van der Waals surface area contributed by atoms with Crippen LogP contribution in [0, 0.1) is 0 Å². The summed E-state index contributed by atoms with van der Waals surface area (Å²) in [6.45, 7) is 4.79. The second kappa shape index (κ2) is 13.4. The highest BCUT2D eigenvalue weighted by molar-refractivity contribution is 6.72. The van der Waals surface area contributed by atoms with E-state index in [2.05, 4.69) is 213 Å². The van der Waals surface area contributed by atoms with Gasteiger partial charge in [0.05, 0.1) is 0 Å². The van der Waals surface area contributed by atoms with Gasteiger partial charge in [0, 0.05) is 0 Å². The van der Waals surface area contributed by atoms with Gasteiger partial charge in [-0.1, -0.05) is 170 Å². The summed E-state index contributed by atoms with van der Waals surface area (Å²) in [6.07, 6.45) is 0. The Labute approximate surface area is 334 Å². The van der Waals surface area contributed by atoms with Gasteiger partial charge in [0.2, 0.25) is 0 Å². The molecule has 0 nitrogen and oxygen atoms in total. The first kappa shape index (κ1) is 33.5. The van der Waals surface area contributed by atoms with Crippen LogP contribution in [-0.2, 0) is 0 Å². The number of hydrogen-bond donors (Lipinski definition) is 0. The lowest BCUT2D eigenvalue weighted by molar-refractivity contribution is 1.65. The van der Waals surface area contributed by atoms with Crippen molar-refractivity contribution in [1.82, 2.24) is 0 Å². The van der Waals surface area contributed by atoms with E-state index < -0.39 is 8.80 Å². The molecule has 11 aromatic carbocycles. The molecule has 0 spiro atoms. The minimum absolute atomic E-state index is 0.693. The lowest BCUT2D eigenvalue weighted by atomic mass is 9.83. The monoisotopic (exact) mass is 739 g/mol. The van der Waals surface area contributed by atoms with E-state index >= 15 is 0 Å². The maximum atomic E-state index is 2.48. The fraction of sp³-hybridized carbons (Fsp3) is 0.0357. The summed E-state index contributed by atoms with van der Waals surface area (Å²) in [7, 11) is -0.693. The van der Waals surface area contributed by atoms with Crippen LogP contribution < -0.4 is 5.19 Å². The molecule has 0 aliphatic heterocycles. The van der Waals surface area contributed by atoms with Gasteiger partial charge in [-0.25, -0.2) is 0 Å². The molecular formula is C56H39Si-. The Morgan fingerprint density at radius 1 is 0.263 bits per heavy atom. The smallest absolute Gasteiger partial charge is 0.00259 e. The molecule has 0 amide bonds. The van der Waals surface area contributed by atoms with Crippen LogP contribution in [-0.4, -0.2) is 8.80 Å². The van der Waals surface area contributed by atoms with Gasteiger partial charge < -0.3 is 0 Å². The molecule has 57 heavy (non-hydrogen) atoms. The predicted octanol–water partition coefficient (Wildman–Crippen LogP) is 15.2. The number of benzene rings is 11. The first-order valence-corrected chi connectivity index (χ1v) is 22.4. The second-order valence-electron chi connectivity index (χ2n) is 15.6. The summed E-state index contributed by atoms with van der Waals surface area (Å²) in [5, 5.41) is 16.6. The van der Waals surface area contributed by atoms with E-state index in [4.69, 9.17) is 0 Å². The molecule has 0 saturated heterocycles. The summed E-state index contributed by atoms with van der Waals surface area (Å²) in [5.74, 6) is 0. The van der Waals surface area contributed by atoms with Gasteiger partial charge in [-0.2, -0.15) is 18.3 Å². The minimum atomic E-state index is -0.693. The molecule has 0 radical (unpaired) electrons. The van der Waals surface area contributed by atoms with Crippen molar-refractivity contribution in [3.8, 4) is 44.5 Å². The number of rotatable bonds is 5. The van der Waals surface area contributed by atoms with Gasteiger partial charge in [-0.3, -0.25) is 8.80 Å². The Hall–Kier alpha value is -6.80. The number of hydrogen-bond acceptors (Lipinski definition) is 0. The Bertz CT molecular complexity index is 3390. The van der Waals surface area contributed by atoms with Gasteiger partial charge in [0.1, 0.15) is 0 Å². The van der Waals surface area contributed by atoms with Crippen LogP contribution in [0.4, 0.5) is 0 Å². The van der Waals surface area contributed by atoms with Crippen LogP contribution >= 0.6 is 0 Å². The molecule has 0 aromatic heterocycles. The van der Waals surface area contributed by atoms with Crippen molar-refractivity contribution < 1.29 is 0 Å². The quantitative estimate of drug-likeness (QED) is 0.0937. The molecular weight excluding hydrogens is 701 g/mol. The average molecular weight is 740 g/mol. The van der Waals surface area contributed by atoms with Gasteiger partial charge in [0.25, 0.3) is 0 Å². The fourth-order valence-corrected chi connectivity index (χ4v) is 10.5. The van der Waals surface area contributed by atoms with E-state index in [0.717, 1.165) is 0 Å². The van der Waals surface area contributed by atoms with Gasteiger partial charge in [0.15, 0.2) is 0 Å². The minimum Gasteiger partial charge on any atom is -0.291 e. The molecule has 268 valence electrons. The zero-order valence-corrected chi connectivity index (χ0v) is 33.1. The Kier molecular flexibility index (Phi) is 7.91. The molecule has 11 rings (SSSR count). The standard InChI is InChI=1S/C56H39Si/c1-57(2)54-22-12-11-19-46(54)41-27-29-49-52(34-41)55(43-25-23-36-13-3-5-15-38(36)31-43)50-30-28-42(35-53(50)56(49)44-26-24-37-14-4-6-16-39(37)32-44)51-33-40-17-7-8-18-45(40)47-20-9-10-21-48(47)51/h3-35H,1-2H3/q-1. The maximum absolute atomic E-state index is 2.48. The van der Waals surface area contributed by atoms with Gasteiger partial charge >= 0.3 is 0 Å². The summed E-state index contributed by atoms with van der Waals surface area (Å²) in [5.41, 5.74) is 10.1. The lowest BCUT2D eigenvalue weighted by Crippen LogP contribution is -2.24. The van der Waals surface area contributed by atoms with Crippen molar-refractivity contribution >= 4 is 78.6 Å². The average Bonchev–Trinajstić information content (AvgIpc) is 3.27. The molecule has 0 unspecified atom stereocenters.